The molecule has 138 valence electrons. The lowest BCUT2D eigenvalue weighted by Crippen LogP contribution is -2.11. The molecule has 3 rings (SSSR count). The van der Waals surface area contributed by atoms with Crippen LogP contribution in [0.3, 0.4) is 0 Å². The zero-order valence-corrected chi connectivity index (χ0v) is 14.7. The van der Waals surface area contributed by atoms with Crippen LogP contribution in [0.25, 0.3) is 17.0 Å². The Hall–Kier alpha value is -3.61. The number of amides is 2. The van der Waals surface area contributed by atoms with Gasteiger partial charge in [0.25, 0.3) is 0 Å². The van der Waals surface area contributed by atoms with Gasteiger partial charge >= 0.3 is 0 Å². The highest BCUT2D eigenvalue weighted by Gasteiger charge is 2.09. The van der Waals surface area contributed by atoms with E-state index < -0.39 is 11.7 Å². The van der Waals surface area contributed by atoms with Crippen LogP contribution >= 0.6 is 0 Å². The van der Waals surface area contributed by atoms with Gasteiger partial charge in [0.15, 0.2) is 11.3 Å². The van der Waals surface area contributed by atoms with Crippen molar-refractivity contribution in [2.75, 3.05) is 17.7 Å². The molecule has 0 aliphatic rings. The third kappa shape index (κ3) is 4.33. The average Bonchev–Trinajstić information content (AvgIpc) is 3.05. The molecule has 27 heavy (non-hydrogen) atoms. The van der Waals surface area contributed by atoms with Gasteiger partial charge in [0.1, 0.15) is 11.6 Å². The number of halogens is 1. The van der Waals surface area contributed by atoms with Crippen molar-refractivity contribution in [2.45, 2.75) is 6.92 Å². The molecule has 1 heterocycles. The van der Waals surface area contributed by atoms with E-state index in [1.807, 2.05) is 12.1 Å². The van der Waals surface area contributed by atoms with E-state index >= 15 is 0 Å². The summed E-state index contributed by atoms with van der Waals surface area (Å²) in [7, 11) is 1.55. The lowest BCUT2D eigenvalue weighted by Gasteiger charge is -2.07. The van der Waals surface area contributed by atoms with Gasteiger partial charge in [-0.05, 0) is 36.4 Å². The molecule has 2 aromatic carbocycles. The van der Waals surface area contributed by atoms with Gasteiger partial charge in [-0.1, -0.05) is 12.1 Å². The van der Waals surface area contributed by atoms with Gasteiger partial charge in [0.05, 0.1) is 12.8 Å². The minimum atomic E-state index is -0.612. The zero-order valence-electron chi connectivity index (χ0n) is 14.7. The van der Waals surface area contributed by atoms with Crippen LogP contribution in [-0.4, -0.2) is 18.9 Å². The molecule has 2 N–H and O–H groups in total. The number of hydrogen-bond acceptors (Lipinski definition) is 4. The number of furan rings is 1. The highest BCUT2D eigenvalue weighted by Crippen LogP contribution is 2.29. The fourth-order valence-electron chi connectivity index (χ4n) is 2.53. The smallest absolute Gasteiger partial charge is 0.248 e. The molecule has 0 atom stereocenters. The molecule has 0 spiro atoms. The number of anilines is 2. The van der Waals surface area contributed by atoms with Crippen molar-refractivity contribution in [2.24, 2.45) is 0 Å². The lowest BCUT2D eigenvalue weighted by molar-refractivity contribution is -0.114. The van der Waals surface area contributed by atoms with E-state index in [2.05, 4.69) is 10.6 Å². The normalized spacial score (nSPS) is 10.9. The van der Waals surface area contributed by atoms with E-state index in [0.29, 0.717) is 22.8 Å². The van der Waals surface area contributed by atoms with Crippen molar-refractivity contribution in [3.05, 3.63) is 60.1 Å². The predicted molar refractivity (Wildman–Crippen MR) is 101 cm³/mol. The Morgan fingerprint density at radius 2 is 1.96 bits per heavy atom. The minimum Gasteiger partial charge on any atom is -0.493 e. The molecular formula is C20H17FN2O4. The second-order valence-corrected chi connectivity index (χ2v) is 5.73. The second kappa shape index (κ2) is 7.74. The Labute approximate surface area is 154 Å². The summed E-state index contributed by atoms with van der Waals surface area (Å²) in [5, 5.41) is 5.80. The van der Waals surface area contributed by atoms with Gasteiger partial charge in [0, 0.05) is 24.1 Å². The number of carbonyl (C=O) groups excluding carboxylic acids is 2. The number of carbonyl (C=O) groups is 2. The lowest BCUT2D eigenvalue weighted by atomic mass is 10.2. The second-order valence-electron chi connectivity index (χ2n) is 5.73. The van der Waals surface area contributed by atoms with E-state index in [1.165, 1.54) is 31.2 Å². The number of ether oxygens (including phenoxy) is 1. The molecule has 0 saturated carbocycles. The fourth-order valence-corrected chi connectivity index (χ4v) is 2.53. The third-order valence-electron chi connectivity index (χ3n) is 3.69. The highest BCUT2D eigenvalue weighted by atomic mass is 19.1. The molecule has 3 aromatic rings. The average molecular weight is 368 g/mol. The molecule has 6 nitrogen and oxygen atoms in total. The number of nitrogens with one attached hydrogen (secondary N) is 2. The van der Waals surface area contributed by atoms with Crippen LogP contribution < -0.4 is 15.4 Å². The first kappa shape index (κ1) is 18.2. The molecule has 2 amide bonds. The minimum absolute atomic E-state index is 0.0397. The zero-order chi connectivity index (χ0) is 19.4. The monoisotopic (exact) mass is 368 g/mol. The summed E-state index contributed by atoms with van der Waals surface area (Å²) in [6.07, 6.45) is 2.71. The first-order chi connectivity index (χ1) is 13.0. The van der Waals surface area contributed by atoms with Gasteiger partial charge < -0.3 is 19.8 Å². The fraction of sp³-hybridized carbons (Fsp3) is 0.100. The van der Waals surface area contributed by atoms with Crippen LogP contribution in [0.15, 0.2) is 53.0 Å². The summed E-state index contributed by atoms with van der Waals surface area (Å²) in [5.74, 6) is -0.398. The van der Waals surface area contributed by atoms with Crippen molar-refractivity contribution in [3.63, 3.8) is 0 Å². The van der Waals surface area contributed by atoms with E-state index in [-0.39, 0.29) is 11.6 Å². The van der Waals surface area contributed by atoms with Gasteiger partial charge in [0.2, 0.25) is 11.8 Å². The first-order valence-electron chi connectivity index (χ1n) is 8.09. The predicted octanol–water partition coefficient (Wildman–Crippen LogP) is 4.19. The van der Waals surface area contributed by atoms with Gasteiger partial charge in [-0.2, -0.15) is 0 Å². The Morgan fingerprint density at radius 1 is 1.15 bits per heavy atom. The van der Waals surface area contributed by atoms with Crippen LogP contribution in [0.5, 0.6) is 5.75 Å². The van der Waals surface area contributed by atoms with Crippen LogP contribution in [0.4, 0.5) is 15.8 Å². The summed E-state index contributed by atoms with van der Waals surface area (Å²) in [4.78, 5) is 23.2. The quantitative estimate of drug-likeness (QED) is 0.662. The first-order valence-corrected chi connectivity index (χ1v) is 8.09. The molecule has 0 aliphatic carbocycles. The molecule has 0 fully saturated rings. The highest BCUT2D eigenvalue weighted by molar-refractivity contribution is 6.02. The maximum absolute atomic E-state index is 13.9. The van der Waals surface area contributed by atoms with E-state index in [4.69, 9.17) is 9.15 Å². The van der Waals surface area contributed by atoms with Crippen LogP contribution in [0.2, 0.25) is 0 Å². The molecule has 0 saturated heterocycles. The van der Waals surface area contributed by atoms with Crippen molar-refractivity contribution < 1.29 is 23.1 Å². The van der Waals surface area contributed by atoms with Crippen LogP contribution in [0.1, 0.15) is 12.7 Å². The topological polar surface area (TPSA) is 80.6 Å². The van der Waals surface area contributed by atoms with Crippen LogP contribution in [0, 0.1) is 5.82 Å². The Morgan fingerprint density at radius 3 is 2.70 bits per heavy atom. The number of rotatable bonds is 5. The summed E-state index contributed by atoms with van der Waals surface area (Å²) in [5.41, 5.74) is 0.920. The summed E-state index contributed by atoms with van der Waals surface area (Å²) < 4.78 is 24.8. The molecule has 0 unspecified atom stereocenters. The molecule has 7 heteroatoms. The van der Waals surface area contributed by atoms with E-state index in [0.717, 1.165) is 11.5 Å². The Balaban J connectivity index is 1.75. The molecule has 1 aromatic heterocycles. The molecular weight excluding hydrogens is 351 g/mol. The van der Waals surface area contributed by atoms with Crippen molar-refractivity contribution in [1.29, 1.82) is 0 Å². The number of fused-ring (bicyclic) bond motifs is 1. The van der Waals surface area contributed by atoms with E-state index in [9.17, 15) is 14.0 Å². The number of benzene rings is 2. The number of methoxy groups -OCH3 is 1. The van der Waals surface area contributed by atoms with Crippen LogP contribution in [-0.2, 0) is 9.59 Å². The maximum atomic E-state index is 13.9. The summed E-state index contributed by atoms with van der Waals surface area (Å²) in [6, 6.07) is 11.1. The standard InChI is InChI=1S/C20H17FN2O4/c1-12(24)22-14-6-8-16(21)17(11-14)23-19(25)9-7-15-10-13-4-3-5-18(26-2)20(13)27-15/h3-11H,1-2H3,(H,22,24)(H,23,25)/b9-7+. The Kier molecular flexibility index (Phi) is 5.21. The SMILES string of the molecule is COc1cccc2cc(/C=C/C(=O)Nc3cc(NC(C)=O)ccc3F)oc12. The van der Waals surface area contributed by atoms with Crippen molar-refractivity contribution in [3.8, 4) is 5.75 Å². The summed E-state index contributed by atoms with van der Waals surface area (Å²) in [6.45, 7) is 1.34. The van der Waals surface area contributed by atoms with Gasteiger partial charge in [-0.15, -0.1) is 0 Å². The number of para-hydroxylation sites is 1. The van der Waals surface area contributed by atoms with E-state index in [1.54, 1.807) is 19.2 Å². The third-order valence-corrected chi connectivity index (χ3v) is 3.69. The van der Waals surface area contributed by atoms with Crippen molar-refractivity contribution in [1.82, 2.24) is 0 Å². The number of hydrogen-bond donors (Lipinski definition) is 2. The summed E-state index contributed by atoms with van der Waals surface area (Å²) >= 11 is 0. The Bertz CT molecular complexity index is 1040. The molecule has 0 aliphatic heterocycles. The van der Waals surface area contributed by atoms with Gasteiger partial charge in [-0.25, -0.2) is 4.39 Å². The maximum Gasteiger partial charge on any atom is 0.248 e. The van der Waals surface area contributed by atoms with Gasteiger partial charge in [-0.3, -0.25) is 9.59 Å². The molecule has 0 radical (unpaired) electrons. The van der Waals surface area contributed by atoms with Crippen molar-refractivity contribution >= 4 is 40.2 Å². The largest absolute Gasteiger partial charge is 0.493 e. The molecule has 0 bridgehead atoms.